The average Bonchev–Trinajstić information content (AvgIpc) is 2.88. The summed E-state index contributed by atoms with van der Waals surface area (Å²) in [5.41, 5.74) is 10.4. The van der Waals surface area contributed by atoms with Gasteiger partial charge in [0.2, 0.25) is 0 Å². The van der Waals surface area contributed by atoms with Crippen LogP contribution < -0.4 is 5.73 Å². The molecule has 4 rings (SSSR count). The van der Waals surface area contributed by atoms with Crippen LogP contribution in [0, 0.1) is 0 Å². The summed E-state index contributed by atoms with van der Waals surface area (Å²) in [6, 6.07) is 10.9. The second-order valence-corrected chi connectivity index (χ2v) is 5.50. The van der Waals surface area contributed by atoms with Crippen LogP contribution in [0.2, 0.25) is 0 Å². The number of hydrogen-bond donors (Lipinski definition) is 1. The van der Waals surface area contributed by atoms with Crippen LogP contribution in [0.3, 0.4) is 0 Å². The molecule has 4 nitrogen and oxygen atoms in total. The van der Waals surface area contributed by atoms with E-state index in [0.717, 1.165) is 24.1 Å². The van der Waals surface area contributed by atoms with Gasteiger partial charge in [0, 0.05) is 24.0 Å². The van der Waals surface area contributed by atoms with Gasteiger partial charge in [-0.1, -0.05) is 24.3 Å². The summed E-state index contributed by atoms with van der Waals surface area (Å²) in [5.74, 6) is 0.611. The van der Waals surface area contributed by atoms with E-state index in [1.165, 1.54) is 11.1 Å². The van der Waals surface area contributed by atoms with Gasteiger partial charge in [-0.2, -0.15) is 5.10 Å². The van der Waals surface area contributed by atoms with Gasteiger partial charge < -0.3 is 5.73 Å². The van der Waals surface area contributed by atoms with Gasteiger partial charge >= 0.3 is 0 Å². The Hall–Kier alpha value is -2.20. The lowest BCUT2D eigenvalue weighted by Crippen LogP contribution is -2.34. The van der Waals surface area contributed by atoms with Crippen molar-refractivity contribution in [2.75, 3.05) is 0 Å². The molecule has 3 aromatic rings. The lowest BCUT2D eigenvalue weighted by Gasteiger charge is -2.33. The monoisotopic (exact) mass is 264 g/mol. The number of nitrogens with zero attached hydrogens (tertiary/aromatic N) is 3. The molecule has 0 unspecified atom stereocenters. The van der Waals surface area contributed by atoms with E-state index in [-0.39, 0.29) is 0 Å². The zero-order valence-corrected chi connectivity index (χ0v) is 11.1. The van der Waals surface area contributed by atoms with Crippen LogP contribution in [0.25, 0.3) is 16.8 Å². The molecule has 20 heavy (non-hydrogen) atoms. The minimum atomic E-state index is 0.377. The van der Waals surface area contributed by atoms with Crippen LogP contribution in [0.1, 0.15) is 24.3 Å². The van der Waals surface area contributed by atoms with Crippen molar-refractivity contribution in [3.63, 3.8) is 0 Å². The lowest BCUT2D eigenvalue weighted by molar-refractivity contribution is 0.351. The molecular formula is C16H16N4. The molecule has 0 aliphatic heterocycles. The number of fused-ring (bicyclic) bond motifs is 1. The van der Waals surface area contributed by atoms with E-state index in [1.807, 2.05) is 18.5 Å². The number of aromatic nitrogens is 3. The van der Waals surface area contributed by atoms with E-state index in [1.54, 1.807) is 10.7 Å². The topological polar surface area (TPSA) is 56.2 Å². The Bertz CT molecular complexity index is 756. The molecule has 0 radical (unpaired) electrons. The molecular weight excluding hydrogens is 248 g/mol. The SMILES string of the molecule is NC1CC(c2cccc(-c3cnn4cccnc34)c2)C1. The van der Waals surface area contributed by atoms with Crippen molar-refractivity contribution >= 4 is 5.65 Å². The fourth-order valence-corrected chi connectivity index (χ4v) is 2.93. The third-order valence-corrected chi connectivity index (χ3v) is 4.12. The Balaban J connectivity index is 1.76. The van der Waals surface area contributed by atoms with Crippen molar-refractivity contribution in [2.24, 2.45) is 5.73 Å². The molecule has 0 saturated heterocycles. The van der Waals surface area contributed by atoms with Crippen molar-refractivity contribution in [1.82, 2.24) is 14.6 Å². The van der Waals surface area contributed by atoms with Crippen LogP contribution >= 0.6 is 0 Å². The normalized spacial score (nSPS) is 21.9. The summed E-state index contributed by atoms with van der Waals surface area (Å²) in [4.78, 5) is 4.42. The van der Waals surface area contributed by atoms with E-state index in [4.69, 9.17) is 5.73 Å². The van der Waals surface area contributed by atoms with Crippen LogP contribution in [-0.2, 0) is 0 Å². The molecule has 0 atom stereocenters. The quantitative estimate of drug-likeness (QED) is 0.774. The molecule has 2 aromatic heterocycles. The average molecular weight is 264 g/mol. The summed E-state index contributed by atoms with van der Waals surface area (Å²) in [7, 11) is 0. The van der Waals surface area contributed by atoms with Crippen molar-refractivity contribution in [3.8, 4) is 11.1 Å². The molecule has 0 spiro atoms. The van der Waals surface area contributed by atoms with Crippen molar-refractivity contribution < 1.29 is 0 Å². The first kappa shape index (κ1) is 11.6. The van der Waals surface area contributed by atoms with Crippen LogP contribution in [0.5, 0.6) is 0 Å². The molecule has 2 heterocycles. The Labute approximate surface area is 117 Å². The summed E-state index contributed by atoms with van der Waals surface area (Å²) >= 11 is 0. The van der Waals surface area contributed by atoms with E-state index in [2.05, 4.69) is 34.3 Å². The van der Waals surface area contributed by atoms with Crippen molar-refractivity contribution in [1.29, 1.82) is 0 Å². The first-order valence-electron chi connectivity index (χ1n) is 6.95. The summed E-state index contributed by atoms with van der Waals surface area (Å²) in [6.45, 7) is 0. The predicted octanol–water partition coefficient (Wildman–Crippen LogP) is 2.60. The molecule has 1 aliphatic rings. The Morgan fingerprint density at radius 3 is 2.95 bits per heavy atom. The molecule has 2 N–H and O–H groups in total. The van der Waals surface area contributed by atoms with Crippen LogP contribution in [0.4, 0.5) is 0 Å². The lowest BCUT2D eigenvalue weighted by atomic mass is 9.76. The fraction of sp³-hybridized carbons (Fsp3) is 0.250. The Morgan fingerprint density at radius 2 is 2.10 bits per heavy atom. The molecule has 4 heteroatoms. The molecule has 1 saturated carbocycles. The summed E-state index contributed by atoms with van der Waals surface area (Å²) < 4.78 is 1.81. The maximum atomic E-state index is 5.89. The highest BCUT2D eigenvalue weighted by Gasteiger charge is 2.27. The van der Waals surface area contributed by atoms with E-state index >= 15 is 0 Å². The first-order valence-corrected chi connectivity index (χ1v) is 6.95. The van der Waals surface area contributed by atoms with Gasteiger partial charge in [0.15, 0.2) is 5.65 Å². The van der Waals surface area contributed by atoms with Gasteiger partial charge in [0.05, 0.1) is 6.20 Å². The van der Waals surface area contributed by atoms with Gasteiger partial charge in [-0.25, -0.2) is 9.50 Å². The van der Waals surface area contributed by atoms with Gasteiger partial charge in [0.25, 0.3) is 0 Å². The standard InChI is InChI=1S/C16H16N4/c17-14-8-13(9-14)11-3-1-4-12(7-11)15-10-19-20-6-2-5-18-16(15)20/h1-7,10,13-14H,8-9,17H2. The van der Waals surface area contributed by atoms with E-state index in [0.29, 0.717) is 12.0 Å². The van der Waals surface area contributed by atoms with E-state index in [9.17, 15) is 0 Å². The van der Waals surface area contributed by atoms with Gasteiger partial charge in [-0.15, -0.1) is 0 Å². The number of rotatable bonds is 2. The highest BCUT2D eigenvalue weighted by atomic mass is 15.2. The minimum Gasteiger partial charge on any atom is -0.328 e. The fourth-order valence-electron chi connectivity index (χ4n) is 2.93. The predicted molar refractivity (Wildman–Crippen MR) is 78.4 cm³/mol. The third-order valence-electron chi connectivity index (χ3n) is 4.12. The molecule has 1 aliphatic carbocycles. The maximum absolute atomic E-state index is 5.89. The Morgan fingerprint density at radius 1 is 1.20 bits per heavy atom. The van der Waals surface area contributed by atoms with Crippen molar-refractivity contribution in [3.05, 3.63) is 54.5 Å². The second-order valence-electron chi connectivity index (χ2n) is 5.50. The molecule has 0 bridgehead atoms. The smallest absolute Gasteiger partial charge is 0.162 e. The summed E-state index contributed by atoms with van der Waals surface area (Å²) in [5, 5.41) is 4.35. The van der Waals surface area contributed by atoms with E-state index < -0.39 is 0 Å². The maximum Gasteiger partial charge on any atom is 0.162 e. The zero-order chi connectivity index (χ0) is 13.5. The zero-order valence-electron chi connectivity index (χ0n) is 11.1. The van der Waals surface area contributed by atoms with Gasteiger partial charge in [-0.05, 0) is 36.0 Å². The highest BCUT2D eigenvalue weighted by Crippen LogP contribution is 2.37. The van der Waals surface area contributed by atoms with Crippen molar-refractivity contribution in [2.45, 2.75) is 24.8 Å². The van der Waals surface area contributed by atoms with Crippen LogP contribution in [0.15, 0.2) is 48.9 Å². The molecule has 100 valence electrons. The Kier molecular flexibility index (Phi) is 2.57. The molecule has 1 fully saturated rings. The molecule has 1 aromatic carbocycles. The number of nitrogens with two attached hydrogens (primary N) is 1. The van der Waals surface area contributed by atoms with Crippen LogP contribution in [-0.4, -0.2) is 20.6 Å². The number of hydrogen-bond acceptors (Lipinski definition) is 3. The van der Waals surface area contributed by atoms with Gasteiger partial charge in [0.1, 0.15) is 0 Å². The third kappa shape index (κ3) is 1.80. The largest absolute Gasteiger partial charge is 0.328 e. The summed E-state index contributed by atoms with van der Waals surface area (Å²) in [6.07, 6.45) is 7.79. The minimum absolute atomic E-state index is 0.377. The first-order chi connectivity index (χ1) is 9.81. The molecule has 0 amide bonds. The highest BCUT2D eigenvalue weighted by molar-refractivity contribution is 5.77. The second kappa shape index (κ2) is 4.42. The number of benzene rings is 1. The van der Waals surface area contributed by atoms with Gasteiger partial charge in [-0.3, -0.25) is 0 Å².